The molecule has 3 atom stereocenters. The highest BCUT2D eigenvalue weighted by Gasteiger charge is 2.41. The SMILES string of the molecule is Fc1cccc(C#CCOc2nsnc2C2CN3CCC2C3)c1. The maximum absolute atomic E-state index is 13.1. The molecule has 0 amide bonds. The van der Waals surface area contributed by atoms with Gasteiger partial charge in [-0.1, -0.05) is 17.9 Å². The highest BCUT2D eigenvalue weighted by molar-refractivity contribution is 6.99. The minimum absolute atomic E-state index is 0.232. The Bertz CT molecular complexity index is 766. The quantitative estimate of drug-likeness (QED) is 0.811. The van der Waals surface area contributed by atoms with Crippen molar-refractivity contribution in [2.24, 2.45) is 5.92 Å². The molecule has 2 aromatic rings. The fraction of sp³-hybridized carbons (Fsp3) is 0.412. The summed E-state index contributed by atoms with van der Waals surface area (Å²) in [6, 6.07) is 6.23. The predicted molar refractivity (Wildman–Crippen MR) is 86.0 cm³/mol. The number of hydrogen-bond acceptors (Lipinski definition) is 5. The van der Waals surface area contributed by atoms with Crippen LogP contribution in [0.15, 0.2) is 24.3 Å². The van der Waals surface area contributed by atoms with Crippen molar-refractivity contribution >= 4 is 11.7 Å². The summed E-state index contributed by atoms with van der Waals surface area (Å²) in [5, 5.41) is 0. The van der Waals surface area contributed by atoms with Gasteiger partial charge in [0.25, 0.3) is 0 Å². The van der Waals surface area contributed by atoms with Crippen molar-refractivity contribution in [3.63, 3.8) is 0 Å². The normalized spacial score (nSPS) is 25.2. The lowest BCUT2D eigenvalue weighted by Crippen LogP contribution is -2.22. The number of nitrogens with zero attached hydrogens (tertiary/aromatic N) is 3. The van der Waals surface area contributed by atoms with E-state index in [0.717, 1.165) is 12.2 Å². The molecule has 2 aliphatic rings. The van der Waals surface area contributed by atoms with Crippen LogP contribution >= 0.6 is 11.7 Å². The number of hydrogen-bond donors (Lipinski definition) is 0. The Kier molecular flexibility index (Phi) is 3.98. The van der Waals surface area contributed by atoms with Gasteiger partial charge in [-0.2, -0.15) is 4.37 Å². The van der Waals surface area contributed by atoms with Gasteiger partial charge in [0.1, 0.15) is 11.5 Å². The number of benzene rings is 1. The Labute approximate surface area is 138 Å². The Morgan fingerprint density at radius 3 is 3.09 bits per heavy atom. The summed E-state index contributed by atoms with van der Waals surface area (Å²) in [4.78, 5) is 2.47. The van der Waals surface area contributed by atoms with E-state index in [2.05, 4.69) is 25.5 Å². The third kappa shape index (κ3) is 3.07. The monoisotopic (exact) mass is 329 g/mol. The zero-order valence-electron chi connectivity index (χ0n) is 12.5. The van der Waals surface area contributed by atoms with E-state index in [1.807, 2.05) is 0 Å². The molecular weight excluding hydrogens is 313 g/mol. The molecule has 6 heteroatoms. The minimum atomic E-state index is -0.282. The number of halogens is 1. The molecule has 0 N–H and O–H groups in total. The maximum Gasteiger partial charge on any atom is 0.250 e. The first-order chi connectivity index (χ1) is 11.3. The van der Waals surface area contributed by atoms with Crippen LogP contribution in [0.2, 0.25) is 0 Å². The summed E-state index contributed by atoms with van der Waals surface area (Å²) in [7, 11) is 0. The van der Waals surface area contributed by atoms with E-state index in [-0.39, 0.29) is 12.4 Å². The molecule has 1 aromatic carbocycles. The van der Waals surface area contributed by atoms with Gasteiger partial charge in [0.05, 0.1) is 11.7 Å². The van der Waals surface area contributed by atoms with Crippen molar-refractivity contribution in [3.8, 4) is 17.7 Å². The summed E-state index contributed by atoms with van der Waals surface area (Å²) in [6.07, 6.45) is 1.24. The first-order valence-electron chi connectivity index (χ1n) is 7.71. The molecule has 118 valence electrons. The molecule has 0 spiro atoms. The maximum atomic E-state index is 13.1. The highest BCUT2D eigenvalue weighted by atomic mass is 32.1. The van der Waals surface area contributed by atoms with Gasteiger partial charge in [-0.15, -0.1) is 4.37 Å². The van der Waals surface area contributed by atoms with Crippen molar-refractivity contribution in [2.75, 3.05) is 26.2 Å². The van der Waals surface area contributed by atoms with Crippen LogP contribution in [0.4, 0.5) is 4.39 Å². The van der Waals surface area contributed by atoms with Gasteiger partial charge >= 0.3 is 0 Å². The zero-order valence-corrected chi connectivity index (χ0v) is 13.4. The summed E-state index contributed by atoms with van der Waals surface area (Å²) < 4.78 is 27.5. The number of piperidine rings is 1. The van der Waals surface area contributed by atoms with Gasteiger partial charge in [0.15, 0.2) is 6.61 Å². The van der Waals surface area contributed by atoms with Crippen molar-refractivity contribution < 1.29 is 9.13 Å². The van der Waals surface area contributed by atoms with Crippen molar-refractivity contribution in [3.05, 3.63) is 41.3 Å². The summed E-state index contributed by atoms with van der Waals surface area (Å²) >= 11 is 1.20. The van der Waals surface area contributed by atoms with E-state index in [4.69, 9.17) is 4.74 Å². The lowest BCUT2D eigenvalue weighted by atomic mass is 9.90. The van der Waals surface area contributed by atoms with E-state index in [9.17, 15) is 4.39 Å². The first kappa shape index (κ1) is 14.6. The number of ether oxygens (including phenoxy) is 1. The Morgan fingerprint density at radius 1 is 1.35 bits per heavy atom. The van der Waals surface area contributed by atoms with Crippen LogP contribution < -0.4 is 4.74 Å². The molecule has 2 aliphatic heterocycles. The number of fused-ring (bicyclic) bond motifs is 2. The fourth-order valence-electron chi connectivity index (χ4n) is 3.42. The van der Waals surface area contributed by atoms with E-state index in [0.29, 0.717) is 23.3 Å². The number of aromatic nitrogens is 2. The highest BCUT2D eigenvalue weighted by Crippen LogP contribution is 2.41. The Hall–Kier alpha value is -1.97. The molecule has 4 nitrogen and oxygen atoms in total. The summed E-state index contributed by atoms with van der Waals surface area (Å²) in [6.45, 7) is 3.66. The summed E-state index contributed by atoms with van der Waals surface area (Å²) in [5.41, 5.74) is 1.63. The third-order valence-corrected chi connectivity index (χ3v) is 5.03. The third-order valence-electron chi connectivity index (χ3n) is 4.50. The second kappa shape index (κ2) is 6.26. The van der Waals surface area contributed by atoms with E-state index in [1.54, 1.807) is 12.1 Å². The van der Waals surface area contributed by atoms with E-state index >= 15 is 0 Å². The largest absolute Gasteiger partial charge is 0.463 e. The molecule has 2 bridgehead atoms. The fourth-order valence-corrected chi connectivity index (χ4v) is 3.98. The molecule has 0 saturated carbocycles. The van der Waals surface area contributed by atoms with Crippen LogP contribution in [0.25, 0.3) is 0 Å². The van der Waals surface area contributed by atoms with E-state index in [1.165, 1.54) is 43.4 Å². The van der Waals surface area contributed by atoms with Gasteiger partial charge in [0, 0.05) is 24.6 Å². The standard InChI is InChI=1S/C17H16FN3OS/c18-14-5-1-3-12(9-14)4-2-8-22-17-16(19-23-20-17)15-11-21-7-6-13(15)10-21/h1,3,5,9,13,15H,6-8,10-11H2. The molecule has 2 fully saturated rings. The number of rotatable bonds is 3. The van der Waals surface area contributed by atoms with Gasteiger partial charge in [-0.3, -0.25) is 0 Å². The van der Waals surface area contributed by atoms with Crippen molar-refractivity contribution in [2.45, 2.75) is 12.3 Å². The van der Waals surface area contributed by atoms with Gasteiger partial charge in [-0.05, 0) is 37.1 Å². The average molecular weight is 329 g/mol. The second-order valence-corrected chi connectivity index (χ2v) is 6.50. The molecule has 0 radical (unpaired) electrons. The zero-order chi connectivity index (χ0) is 15.6. The summed E-state index contributed by atoms with van der Waals surface area (Å²) in [5.74, 6) is 7.25. The minimum Gasteiger partial charge on any atom is -0.463 e. The second-order valence-electron chi connectivity index (χ2n) is 5.97. The first-order valence-corrected chi connectivity index (χ1v) is 8.44. The van der Waals surface area contributed by atoms with Crippen LogP contribution in [0.1, 0.15) is 23.6 Å². The molecular formula is C17H16FN3OS. The van der Waals surface area contributed by atoms with Gasteiger partial charge < -0.3 is 9.64 Å². The molecule has 3 unspecified atom stereocenters. The molecule has 0 aliphatic carbocycles. The molecule has 23 heavy (non-hydrogen) atoms. The molecule has 1 aromatic heterocycles. The van der Waals surface area contributed by atoms with Crippen molar-refractivity contribution in [1.29, 1.82) is 0 Å². The van der Waals surface area contributed by atoms with Crippen LogP contribution in [0.3, 0.4) is 0 Å². The Morgan fingerprint density at radius 2 is 2.30 bits per heavy atom. The smallest absolute Gasteiger partial charge is 0.250 e. The molecule has 3 heterocycles. The molecule has 4 rings (SSSR count). The topological polar surface area (TPSA) is 38.3 Å². The van der Waals surface area contributed by atoms with Crippen LogP contribution in [0.5, 0.6) is 5.88 Å². The lowest BCUT2D eigenvalue weighted by molar-refractivity contribution is 0.323. The van der Waals surface area contributed by atoms with Crippen LogP contribution in [-0.4, -0.2) is 39.9 Å². The van der Waals surface area contributed by atoms with E-state index < -0.39 is 0 Å². The van der Waals surface area contributed by atoms with Crippen LogP contribution in [-0.2, 0) is 0 Å². The Balaban J connectivity index is 1.40. The molecule has 2 saturated heterocycles. The average Bonchev–Trinajstić information content (AvgIpc) is 3.27. The lowest BCUT2D eigenvalue weighted by Gasteiger charge is -2.20. The van der Waals surface area contributed by atoms with Crippen molar-refractivity contribution in [1.82, 2.24) is 13.6 Å². The van der Waals surface area contributed by atoms with Crippen LogP contribution in [0, 0.1) is 23.6 Å². The van der Waals surface area contributed by atoms with Gasteiger partial charge in [-0.25, -0.2) is 4.39 Å². The predicted octanol–water partition coefficient (Wildman–Crippen LogP) is 2.53. The van der Waals surface area contributed by atoms with Gasteiger partial charge in [0.2, 0.25) is 5.88 Å².